The van der Waals surface area contributed by atoms with Crippen LogP contribution in [0.15, 0.2) is 58.3 Å². The number of nitrogen functional groups attached to an aromatic ring is 1. The first kappa shape index (κ1) is 21.8. The van der Waals surface area contributed by atoms with E-state index in [-0.39, 0.29) is 42.8 Å². The normalized spacial score (nSPS) is 16.5. The van der Waals surface area contributed by atoms with Gasteiger partial charge in [-0.2, -0.15) is 0 Å². The molecule has 32 heavy (non-hydrogen) atoms. The first-order valence-electron chi connectivity index (χ1n) is 11.0. The lowest BCUT2D eigenvalue weighted by atomic mass is 10.1. The van der Waals surface area contributed by atoms with Crippen LogP contribution < -0.4 is 17.0 Å². The maximum atomic E-state index is 13.4. The lowest BCUT2D eigenvalue weighted by Crippen LogP contribution is -2.45. The van der Waals surface area contributed by atoms with E-state index in [9.17, 15) is 14.4 Å². The zero-order chi connectivity index (χ0) is 22.8. The molecule has 1 saturated heterocycles. The maximum absolute atomic E-state index is 13.4. The fourth-order valence-electron chi connectivity index (χ4n) is 4.61. The van der Waals surface area contributed by atoms with E-state index in [0.717, 1.165) is 35.2 Å². The van der Waals surface area contributed by atoms with Crippen LogP contribution in [0.25, 0.3) is 0 Å². The number of carbonyl (C=O) groups is 1. The minimum absolute atomic E-state index is 0.0619. The number of ketones is 1. The summed E-state index contributed by atoms with van der Waals surface area (Å²) in [6, 6.07) is 13.6. The second-order valence-electron chi connectivity index (χ2n) is 8.26. The fraction of sp³-hybridized carbons (Fsp3) is 0.375. The topological polar surface area (TPSA) is 95.3 Å². The third kappa shape index (κ3) is 3.93. The van der Waals surface area contributed by atoms with Crippen molar-refractivity contribution < 1.29 is 4.79 Å². The molecule has 1 atom stereocenters. The third-order valence-electron chi connectivity index (χ3n) is 6.28. The van der Waals surface area contributed by atoms with Crippen molar-refractivity contribution in [3.05, 3.63) is 86.3 Å². The lowest BCUT2D eigenvalue weighted by Gasteiger charge is -2.25. The number of aromatic nitrogens is 3. The summed E-state index contributed by atoms with van der Waals surface area (Å²) in [6.45, 7) is 2.94. The van der Waals surface area contributed by atoms with E-state index in [4.69, 9.17) is 5.73 Å². The first-order chi connectivity index (χ1) is 15.4. The average molecular weight is 436 g/mol. The van der Waals surface area contributed by atoms with Crippen LogP contribution in [0.4, 0.5) is 5.82 Å². The second kappa shape index (κ2) is 9.00. The number of benzene rings is 1. The molecule has 0 unspecified atom stereocenters. The van der Waals surface area contributed by atoms with E-state index in [2.05, 4.69) is 15.5 Å². The van der Waals surface area contributed by atoms with Crippen LogP contribution in [-0.4, -0.2) is 37.5 Å². The Hall–Kier alpha value is -3.39. The molecule has 168 valence electrons. The minimum Gasteiger partial charge on any atom is -0.384 e. The Kier molecular flexibility index (Phi) is 6.14. The van der Waals surface area contributed by atoms with Crippen LogP contribution in [-0.2, 0) is 20.1 Å². The number of anilines is 1. The monoisotopic (exact) mass is 435 g/mol. The number of likely N-dealkylation sites (tertiary alicyclic amines) is 1. The highest BCUT2D eigenvalue weighted by Gasteiger charge is 2.31. The Labute approximate surface area is 186 Å². The van der Waals surface area contributed by atoms with Crippen molar-refractivity contribution in [3.63, 3.8) is 0 Å². The minimum atomic E-state index is -0.612. The number of hydrogen-bond acceptors (Lipinski definition) is 5. The molecule has 1 fully saturated rings. The van der Waals surface area contributed by atoms with Crippen molar-refractivity contribution in [2.75, 3.05) is 18.8 Å². The van der Waals surface area contributed by atoms with Crippen molar-refractivity contribution in [1.29, 1.82) is 0 Å². The van der Waals surface area contributed by atoms with Gasteiger partial charge in [-0.1, -0.05) is 30.3 Å². The molecule has 2 N–H and O–H groups in total. The highest BCUT2D eigenvalue weighted by atomic mass is 16.2. The molecule has 2 aromatic heterocycles. The summed E-state index contributed by atoms with van der Waals surface area (Å²) in [5.74, 6) is -0.411. The van der Waals surface area contributed by atoms with E-state index in [1.165, 1.54) is 4.57 Å². The lowest BCUT2D eigenvalue weighted by molar-refractivity contribution is 0.0917. The van der Waals surface area contributed by atoms with Crippen LogP contribution in [0.3, 0.4) is 0 Å². The molecule has 1 aromatic carbocycles. The summed E-state index contributed by atoms with van der Waals surface area (Å²) in [7, 11) is 1.99. The Balaban J connectivity index is 1.70. The maximum Gasteiger partial charge on any atom is 0.332 e. The van der Waals surface area contributed by atoms with Gasteiger partial charge in [0, 0.05) is 25.5 Å². The molecule has 4 rings (SSSR count). The molecular weight excluding hydrogens is 406 g/mol. The summed E-state index contributed by atoms with van der Waals surface area (Å²) >= 11 is 0. The molecule has 1 aliphatic rings. The summed E-state index contributed by atoms with van der Waals surface area (Å²) in [5, 5.41) is 0. The van der Waals surface area contributed by atoms with Gasteiger partial charge in [-0.25, -0.2) is 4.79 Å². The Morgan fingerprint density at radius 3 is 2.50 bits per heavy atom. The van der Waals surface area contributed by atoms with Crippen molar-refractivity contribution in [2.24, 2.45) is 7.05 Å². The van der Waals surface area contributed by atoms with Crippen molar-refractivity contribution in [3.8, 4) is 0 Å². The summed E-state index contributed by atoms with van der Waals surface area (Å²) in [5.41, 5.74) is 7.09. The Morgan fingerprint density at radius 1 is 1.09 bits per heavy atom. The van der Waals surface area contributed by atoms with Gasteiger partial charge in [0.2, 0.25) is 0 Å². The van der Waals surface area contributed by atoms with Gasteiger partial charge in [0.05, 0.1) is 19.1 Å². The van der Waals surface area contributed by atoms with Crippen LogP contribution in [0.1, 0.15) is 47.4 Å². The molecule has 0 spiro atoms. The van der Waals surface area contributed by atoms with Gasteiger partial charge >= 0.3 is 5.69 Å². The largest absolute Gasteiger partial charge is 0.384 e. The molecule has 0 bridgehead atoms. The van der Waals surface area contributed by atoms with Gasteiger partial charge in [-0.15, -0.1) is 0 Å². The van der Waals surface area contributed by atoms with E-state index >= 15 is 0 Å². The molecule has 0 radical (unpaired) electrons. The second-order valence-corrected chi connectivity index (χ2v) is 8.26. The van der Waals surface area contributed by atoms with Gasteiger partial charge < -0.3 is 10.3 Å². The number of hydrogen-bond donors (Lipinski definition) is 1. The predicted molar refractivity (Wildman–Crippen MR) is 124 cm³/mol. The van der Waals surface area contributed by atoms with Crippen LogP contribution in [0.5, 0.6) is 0 Å². The average Bonchev–Trinajstić information content (AvgIpc) is 3.40. The summed E-state index contributed by atoms with van der Waals surface area (Å²) < 4.78 is 4.48. The fourth-order valence-corrected chi connectivity index (χ4v) is 4.61. The van der Waals surface area contributed by atoms with Crippen molar-refractivity contribution in [2.45, 2.75) is 38.9 Å². The Bertz CT molecular complexity index is 1240. The van der Waals surface area contributed by atoms with Crippen LogP contribution >= 0.6 is 0 Å². The molecule has 1 aliphatic heterocycles. The van der Waals surface area contributed by atoms with Gasteiger partial charge in [0.15, 0.2) is 5.78 Å². The van der Waals surface area contributed by atoms with Gasteiger partial charge in [0.25, 0.3) is 5.56 Å². The SMILES string of the molecule is CCn1c(=O)c(C(=O)CN2CCC[C@@H]2c2cccn2C)c(N)n(Cc2ccccc2)c1=O. The number of aryl methyl sites for hydroxylation is 1. The van der Waals surface area contributed by atoms with Crippen molar-refractivity contribution >= 4 is 11.6 Å². The molecular formula is C24H29N5O3. The number of carbonyl (C=O) groups excluding carboxylic acids is 1. The molecule has 8 heteroatoms. The van der Waals surface area contributed by atoms with E-state index in [0.29, 0.717) is 0 Å². The molecule has 3 heterocycles. The first-order valence-corrected chi connectivity index (χ1v) is 11.0. The highest BCUT2D eigenvalue weighted by Crippen LogP contribution is 2.31. The van der Waals surface area contributed by atoms with E-state index < -0.39 is 11.2 Å². The number of nitrogens with two attached hydrogens (primary N) is 1. The van der Waals surface area contributed by atoms with Gasteiger partial charge in [0.1, 0.15) is 11.4 Å². The molecule has 0 amide bonds. The zero-order valence-electron chi connectivity index (χ0n) is 18.5. The Morgan fingerprint density at radius 2 is 1.84 bits per heavy atom. The number of rotatable bonds is 7. The smallest absolute Gasteiger partial charge is 0.332 e. The molecule has 3 aromatic rings. The van der Waals surface area contributed by atoms with E-state index in [1.54, 1.807) is 6.92 Å². The van der Waals surface area contributed by atoms with Crippen LogP contribution in [0, 0.1) is 0 Å². The standard InChI is InChI=1S/C24H29N5O3/c1-3-28-23(31)21(22(25)29(24(28)32)15-17-9-5-4-6-10-17)20(30)16-27-14-8-12-19(27)18-11-7-13-26(18)2/h4-7,9-11,13,19H,3,8,12,14-16,25H2,1-2H3/t19-/m1/s1. The molecule has 8 nitrogen and oxygen atoms in total. The quantitative estimate of drug-likeness (QED) is 0.573. The summed E-state index contributed by atoms with van der Waals surface area (Å²) in [6.07, 6.45) is 3.92. The highest BCUT2D eigenvalue weighted by molar-refractivity contribution is 6.01. The van der Waals surface area contributed by atoms with Gasteiger partial charge in [-0.05, 0) is 44.0 Å². The number of Topliss-reactive ketones (excluding diaryl/α,β-unsaturated/α-hetero) is 1. The summed E-state index contributed by atoms with van der Waals surface area (Å²) in [4.78, 5) is 41.4. The zero-order valence-corrected chi connectivity index (χ0v) is 18.5. The van der Waals surface area contributed by atoms with E-state index in [1.807, 2.05) is 49.6 Å². The third-order valence-corrected chi connectivity index (χ3v) is 6.28. The number of nitrogens with zero attached hydrogens (tertiary/aromatic N) is 4. The predicted octanol–water partition coefficient (Wildman–Crippen LogP) is 2.02. The van der Waals surface area contributed by atoms with Gasteiger partial charge in [-0.3, -0.25) is 23.6 Å². The molecule has 0 aliphatic carbocycles. The van der Waals surface area contributed by atoms with Crippen molar-refractivity contribution in [1.82, 2.24) is 18.6 Å². The van der Waals surface area contributed by atoms with Crippen LogP contribution in [0.2, 0.25) is 0 Å². The molecule has 0 saturated carbocycles.